The molecule has 1 heterocycles. The topological polar surface area (TPSA) is 137 Å². The van der Waals surface area contributed by atoms with Gasteiger partial charge in [-0.25, -0.2) is 4.79 Å². The Kier molecular flexibility index (Phi) is 3.40. The van der Waals surface area contributed by atoms with E-state index in [2.05, 4.69) is 4.74 Å². The fourth-order valence-electron chi connectivity index (χ4n) is 2.88. The second kappa shape index (κ2) is 5.05. The fourth-order valence-corrected chi connectivity index (χ4v) is 2.88. The summed E-state index contributed by atoms with van der Waals surface area (Å²) in [6.07, 6.45) is -3.60. The summed E-state index contributed by atoms with van der Waals surface area (Å²) in [6, 6.07) is 4.06. The monoisotopic (exact) mass is 322 g/mol. The molecule has 2 aromatic rings. The molecule has 0 bridgehead atoms. The highest BCUT2D eigenvalue weighted by Crippen LogP contribution is 2.41. The Labute approximate surface area is 129 Å². The van der Waals surface area contributed by atoms with Crippen LogP contribution >= 0.6 is 0 Å². The number of methoxy groups -OCH3 is 1. The van der Waals surface area contributed by atoms with Gasteiger partial charge in [-0.05, 0) is 12.1 Å². The smallest absolute Gasteiger partial charge is 0.345 e. The van der Waals surface area contributed by atoms with Crippen LogP contribution in [0.15, 0.2) is 27.4 Å². The molecule has 1 aliphatic carbocycles. The van der Waals surface area contributed by atoms with Crippen LogP contribution in [0.25, 0.3) is 11.0 Å². The van der Waals surface area contributed by atoms with E-state index in [1.807, 2.05) is 0 Å². The minimum absolute atomic E-state index is 0.0172. The molecule has 8 nitrogen and oxygen atoms in total. The molecule has 0 amide bonds. The molecule has 0 saturated carbocycles. The van der Waals surface area contributed by atoms with Crippen LogP contribution in [0.1, 0.15) is 23.8 Å². The molecule has 0 radical (unpaired) electrons. The summed E-state index contributed by atoms with van der Waals surface area (Å²) in [6.45, 7) is 0. The van der Waals surface area contributed by atoms with E-state index in [1.165, 1.54) is 18.2 Å². The van der Waals surface area contributed by atoms with E-state index >= 15 is 0 Å². The zero-order valence-corrected chi connectivity index (χ0v) is 12.0. The van der Waals surface area contributed by atoms with Gasteiger partial charge in [-0.15, -0.1) is 0 Å². The highest BCUT2D eigenvalue weighted by molar-refractivity contribution is 5.88. The van der Waals surface area contributed by atoms with Crippen molar-refractivity contribution in [1.29, 1.82) is 0 Å². The normalized spacial score (nSPS) is 26.8. The first-order chi connectivity index (χ1) is 10.8. The Bertz CT molecular complexity index is 854. The lowest BCUT2D eigenvalue weighted by Gasteiger charge is -2.36. The van der Waals surface area contributed by atoms with Crippen LogP contribution in [-0.4, -0.2) is 39.6 Å². The predicted octanol–water partition coefficient (Wildman–Crippen LogP) is -0.343. The number of carbonyl (C=O) groups excluding carboxylic acids is 1. The summed E-state index contributed by atoms with van der Waals surface area (Å²) >= 11 is 0. The lowest BCUT2D eigenvalue weighted by atomic mass is 9.77. The number of hydrogen-bond donors (Lipinski definition) is 4. The van der Waals surface area contributed by atoms with Gasteiger partial charge in [0.05, 0.1) is 12.7 Å². The number of aliphatic hydroxyl groups is 3. The van der Waals surface area contributed by atoms with Crippen molar-refractivity contribution >= 4 is 16.9 Å². The minimum Gasteiger partial charge on any atom is -0.507 e. The number of esters is 1. The summed E-state index contributed by atoms with van der Waals surface area (Å²) in [4.78, 5) is 24.7. The molecule has 1 aromatic heterocycles. The van der Waals surface area contributed by atoms with E-state index < -0.39 is 46.9 Å². The predicted molar refractivity (Wildman–Crippen MR) is 75.6 cm³/mol. The van der Waals surface area contributed by atoms with E-state index in [1.54, 1.807) is 0 Å². The molecule has 23 heavy (non-hydrogen) atoms. The summed E-state index contributed by atoms with van der Waals surface area (Å²) in [7, 11) is 0.984. The third-order valence-electron chi connectivity index (χ3n) is 4.03. The van der Waals surface area contributed by atoms with E-state index in [4.69, 9.17) is 4.42 Å². The first-order valence-electron chi connectivity index (χ1n) is 6.78. The Balaban J connectivity index is 2.47. The second-order valence-corrected chi connectivity index (χ2v) is 5.35. The number of benzene rings is 1. The van der Waals surface area contributed by atoms with Crippen molar-refractivity contribution in [2.75, 3.05) is 7.11 Å². The van der Waals surface area contributed by atoms with Gasteiger partial charge in [0, 0.05) is 6.42 Å². The highest BCUT2D eigenvalue weighted by atomic mass is 16.5. The summed E-state index contributed by atoms with van der Waals surface area (Å²) in [5, 5.41) is 40.3. The third-order valence-corrected chi connectivity index (χ3v) is 4.03. The van der Waals surface area contributed by atoms with Crippen LogP contribution in [0.5, 0.6) is 5.75 Å². The molecule has 0 aliphatic heterocycles. The van der Waals surface area contributed by atoms with Crippen LogP contribution in [0.4, 0.5) is 0 Å². The van der Waals surface area contributed by atoms with Crippen LogP contribution in [0, 0.1) is 0 Å². The number of ether oxygens (including phenoxy) is 1. The van der Waals surface area contributed by atoms with Gasteiger partial charge in [-0.2, -0.15) is 0 Å². The van der Waals surface area contributed by atoms with Gasteiger partial charge >= 0.3 is 5.97 Å². The summed E-state index contributed by atoms with van der Waals surface area (Å²) < 4.78 is 9.89. The van der Waals surface area contributed by atoms with E-state index in [0.717, 1.165) is 7.11 Å². The number of carbonyl (C=O) groups is 1. The van der Waals surface area contributed by atoms with Gasteiger partial charge in [0.25, 0.3) is 0 Å². The first-order valence-corrected chi connectivity index (χ1v) is 6.78. The van der Waals surface area contributed by atoms with Gasteiger partial charge in [0.1, 0.15) is 34.7 Å². The quantitative estimate of drug-likeness (QED) is 0.523. The summed E-state index contributed by atoms with van der Waals surface area (Å²) in [5.74, 6) is -2.02. The van der Waals surface area contributed by atoms with Gasteiger partial charge < -0.3 is 29.6 Å². The van der Waals surface area contributed by atoms with Crippen LogP contribution < -0.4 is 5.43 Å². The number of hydrogen-bond acceptors (Lipinski definition) is 8. The van der Waals surface area contributed by atoms with Crippen molar-refractivity contribution in [1.82, 2.24) is 0 Å². The highest BCUT2D eigenvalue weighted by Gasteiger charge is 2.55. The molecule has 0 saturated heterocycles. The standard InChI is InChI=1S/C15H14O8/c1-22-14(20)15(21)9(18)5-7(17)13-11(15)12(19)10-6(16)3-2-4-8(10)23-13/h2-4,7,9,16-18,21H,5H2,1H3/t7-,9-,15-/m0/s1. The Hall–Kier alpha value is -2.42. The van der Waals surface area contributed by atoms with Crippen molar-refractivity contribution in [2.45, 2.75) is 24.2 Å². The van der Waals surface area contributed by atoms with Gasteiger partial charge in [-0.1, -0.05) is 6.07 Å². The first kappa shape index (κ1) is 15.5. The second-order valence-electron chi connectivity index (χ2n) is 5.35. The number of phenols is 1. The molecule has 0 spiro atoms. The Morgan fingerprint density at radius 3 is 2.74 bits per heavy atom. The molecule has 0 fully saturated rings. The molecule has 3 atom stereocenters. The maximum Gasteiger partial charge on any atom is 0.345 e. The van der Waals surface area contributed by atoms with Crippen molar-refractivity contribution in [3.8, 4) is 5.75 Å². The number of aromatic hydroxyl groups is 1. The van der Waals surface area contributed by atoms with Crippen LogP contribution in [0.2, 0.25) is 0 Å². The van der Waals surface area contributed by atoms with Gasteiger partial charge in [-0.3, -0.25) is 4.79 Å². The van der Waals surface area contributed by atoms with Crippen molar-refractivity contribution in [3.63, 3.8) is 0 Å². The van der Waals surface area contributed by atoms with Crippen molar-refractivity contribution in [3.05, 3.63) is 39.7 Å². The van der Waals surface area contributed by atoms with E-state index in [0.29, 0.717) is 0 Å². The fraction of sp³-hybridized carbons (Fsp3) is 0.333. The molecule has 122 valence electrons. The zero-order valence-electron chi connectivity index (χ0n) is 12.0. The molecule has 8 heteroatoms. The maximum absolute atomic E-state index is 12.7. The zero-order chi connectivity index (χ0) is 16.9. The molecule has 1 aromatic carbocycles. The molecular weight excluding hydrogens is 308 g/mol. The number of rotatable bonds is 1. The number of aliphatic hydroxyl groups excluding tert-OH is 2. The molecule has 4 N–H and O–H groups in total. The van der Waals surface area contributed by atoms with Gasteiger partial charge in [0.15, 0.2) is 0 Å². The van der Waals surface area contributed by atoms with Gasteiger partial charge in [0.2, 0.25) is 11.0 Å². The minimum atomic E-state index is -2.69. The average Bonchev–Trinajstić information content (AvgIpc) is 2.51. The molecular formula is C15H14O8. The Morgan fingerprint density at radius 2 is 2.09 bits per heavy atom. The average molecular weight is 322 g/mol. The lowest BCUT2D eigenvalue weighted by molar-refractivity contribution is -0.184. The van der Waals surface area contributed by atoms with Crippen molar-refractivity contribution < 1.29 is 34.4 Å². The van der Waals surface area contributed by atoms with E-state index in [9.17, 15) is 30.0 Å². The third kappa shape index (κ3) is 1.96. The molecule has 3 rings (SSSR count). The van der Waals surface area contributed by atoms with Crippen LogP contribution in [-0.2, 0) is 15.1 Å². The SMILES string of the molecule is COC(=O)[C@@]1(O)c2c(oc3cccc(O)c3c2=O)[C@@H](O)C[C@@H]1O. The number of phenolic OH excluding ortho intramolecular Hbond substituents is 1. The van der Waals surface area contributed by atoms with E-state index in [-0.39, 0.29) is 16.7 Å². The Morgan fingerprint density at radius 1 is 1.39 bits per heavy atom. The summed E-state index contributed by atoms with van der Waals surface area (Å²) in [5.41, 5.74) is -4.27. The number of fused-ring (bicyclic) bond motifs is 2. The lowest BCUT2D eigenvalue weighted by Crippen LogP contribution is -2.54. The largest absolute Gasteiger partial charge is 0.507 e. The van der Waals surface area contributed by atoms with Crippen LogP contribution in [0.3, 0.4) is 0 Å². The van der Waals surface area contributed by atoms with Crippen molar-refractivity contribution in [2.24, 2.45) is 0 Å². The maximum atomic E-state index is 12.7. The molecule has 1 aliphatic rings. The molecule has 0 unspecified atom stereocenters.